The molecule has 1 N–H and O–H groups in total. The summed E-state index contributed by atoms with van der Waals surface area (Å²) in [5.74, 6) is 1.93. The number of nitrogens with one attached hydrogen (secondary N) is 1. The molecule has 4 unspecified atom stereocenters. The Balaban J connectivity index is 1.56. The lowest BCUT2D eigenvalue weighted by Crippen LogP contribution is -2.31. The lowest BCUT2D eigenvalue weighted by molar-refractivity contribution is 0.0962. The molecule has 1 saturated carbocycles. The summed E-state index contributed by atoms with van der Waals surface area (Å²) < 4.78 is 5.63. The average molecular weight is 197 g/mol. The van der Waals surface area contributed by atoms with Crippen molar-refractivity contribution in [1.82, 2.24) is 5.32 Å². The Kier molecular flexibility index (Phi) is 3.45. The van der Waals surface area contributed by atoms with E-state index in [1.165, 1.54) is 32.2 Å². The van der Waals surface area contributed by atoms with E-state index in [0.29, 0.717) is 12.1 Å². The molecule has 0 aromatic rings. The lowest BCUT2D eigenvalue weighted by atomic mass is 10.1. The van der Waals surface area contributed by atoms with Gasteiger partial charge in [0.1, 0.15) is 0 Å². The standard InChI is InChI=1S/C12H23NO/c1-9-6-11(9)8-13-10(2)7-12-4-3-5-14-12/h9-13H,3-8H2,1-2H3. The molecule has 1 aliphatic heterocycles. The van der Waals surface area contributed by atoms with Gasteiger partial charge in [-0.15, -0.1) is 0 Å². The number of rotatable bonds is 5. The Morgan fingerprint density at radius 1 is 1.50 bits per heavy atom. The summed E-state index contributed by atoms with van der Waals surface area (Å²) in [4.78, 5) is 0. The first kappa shape index (κ1) is 10.4. The molecule has 0 aromatic heterocycles. The van der Waals surface area contributed by atoms with Crippen LogP contribution in [0.1, 0.15) is 39.5 Å². The zero-order chi connectivity index (χ0) is 9.97. The van der Waals surface area contributed by atoms with E-state index in [-0.39, 0.29) is 0 Å². The fourth-order valence-corrected chi connectivity index (χ4v) is 2.34. The second-order valence-corrected chi connectivity index (χ2v) is 5.15. The number of hydrogen-bond donors (Lipinski definition) is 1. The van der Waals surface area contributed by atoms with Crippen LogP contribution in [0.15, 0.2) is 0 Å². The van der Waals surface area contributed by atoms with Crippen molar-refractivity contribution >= 4 is 0 Å². The molecule has 2 fully saturated rings. The van der Waals surface area contributed by atoms with Crippen LogP contribution >= 0.6 is 0 Å². The monoisotopic (exact) mass is 197 g/mol. The first-order valence-corrected chi connectivity index (χ1v) is 6.10. The van der Waals surface area contributed by atoms with Gasteiger partial charge >= 0.3 is 0 Å². The van der Waals surface area contributed by atoms with E-state index >= 15 is 0 Å². The van der Waals surface area contributed by atoms with Crippen LogP contribution in [0.25, 0.3) is 0 Å². The molecular weight excluding hydrogens is 174 g/mol. The third-order valence-electron chi connectivity index (χ3n) is 3.65. The van der Waals surface area contributed by atoms with Crippen molar-refractivity contribution < 1.29 is 4.74 Å². The topological polar surface area (TPSA) is 21.3 Å². The summed E-state index contributed by atoms with van der Waals surface area (Å²) in [5, 5.41) is 3.62. The molecule has 2 nitrogen and oxygen atoms in total. The van der Waals surface area contributed by atoms with Crippen molar-refractivity contribution in [1.29, 1.82) is 0 Å². The molecule has 1 saturated heterocycles. The van der Waals surface area contributed by atoms with Crippen molar-refractivity contribution in [2.75, 3.05) is 13.2 Å². The van der Waals surface area contributed by atoms with Gasteiger partial charge in [-0.05, 0) is 51.0 Å². The van der Waals surface area contributed by atoms with Crippen molar-refractivity contribution in [2.24, 2.45) is 11.8 Å². The Morgan fingerprint density at radius 3 is 2.86 bits per heavy atom. The van der Waals surface area contributed by atoms with Gasteiger partial charge in [0.2, 0.25) is 0 Å². The predicted molar refractivity (Wildman–Crippen MR) is 58.3 cm³/mol. The van der Waals surface area contributed by atoms with Crippen LogP contribution in [0, 0.1) is 11.8 Å². The third kappa shape index (κ3) is 2.96. The highest BCUT2D eigenvalue weighted by Crippen LogP contribution is 2.36. The van der Waals surface area contributed by atoms with Crippen molar-refractivity contribution in [3.05, 3.63) is 0 Å². The van der Waals surface area contributed by atoms with Crippen LogP contribution in [0.3, 0.4) is 0 Å². The van der Waals surface area contributed by atoms with Gasteiger partial charge in [-0.25, -0.2) is 0 Å². The molecule has 0 bridgehead atoms. The summed E-state index contributed by atoms with van der Waals surface area (Å²) in [6, 6.07) is 0.630. The average Bonchev–Trinajstić information content (AvgIpc) is 2.65. The largest absolute Gasteiger partial charge is 0.378 e. The fraction of sp³-hybridized carbons (Fsp3) is 1.00. The molecule has 1 aliphatic carbocycles. The predicted octanol–water partition coefficient (Wildman–Crippen LogP) is 2.19. The first-order valence-electron chi connectivity index (χ1n) is 6.10. The minimum absolute atomic E-state index is 0.536. The van der Waals surface area contributed by atoms with E-state index in [0.717, 1.165) is 18.4 Å². The quantitative estimate of drug-likeness (QED) is 0.729. The van der Waals surface area contributed by atoms with E-state index in [4.69, 9.17) is 4.74 Å². The van der Waals surface area contributed by atoms with E-state index in [1.54, 1.807) is 0 Å². The zero-order valence-electron chi connectivity index (χ0n) is 9.46. The zero-order valence-corrected chi connectivity index (χ0v) is 9.46. The van der Waals surface area contributed by atoms with Gasteiger partial charge in [0.05, 0.1) is 6.10 Å². The van der Waals surface area contributed by atoms with Gasteiger partial charge in [0.25, 0.3) is 0 Å². The lowest BCUT2D eigenvalue weighted by Gasteiger charge is -2.17. The highest BCUT2D eigenvalue weighted by molar-refractivity contribution is 4.85. The second kappa shape index (κ2) is 4.63. The molecule has 0 aromatic carbocycles. The fourth-order valence-electron chi connectivity index (χ4n) is 2.34. The van der Waals surface area contributed by atoms with Crippen molar-refractivity contribution in [2.45, 2.75) is 51.7 Å². The molecule has 2 rings (SSSR count). The van der Waals surface area contributed by atoms with Gasteiger partial charge in [-0.2, -0.15) is 0 Å². The molecule has 1 heterocycles. The normalized spacial score (nSPS) is 38.6. The number of ether oxygens (including phenoxy) is 1. The SMILES string of the molecule is CC(CC1CCCO1)NCC1CC1C. The molecule has 14 heavy (non-hydrogen) atoms. The van der Waals surface area contributed by atoms with Crippen LogP contribution in [-0.2, 0) is 4.74 Å². The first-order chi connectivity index (χ1) is 6.75. The Hall–Kier alpha value is -0.0800. The van der Waals surface area contributed by atoms with Gasteiger partial charge in [-0.1, -0.05) is 6.92 Å². The molecule has 82 valence electrons. The second-order valence-electron chi connectivity index (χ2n) is 5.15. The Morgan fingerprint density at radius 2 is 2.29 bits per heavy atom. The maximum atomic E-state index is 5.63. The highest BCUT2D eigenvalue weighted by atomic mass is 16.5. The van der Waals surface area contributed by atoms with E-state index in [9.17, 15) is 0 Å². The third-order valence-corrected chi connectivity index (χ3v) is 3.65. The van der Waals surface area contributed by atoms with Gasteiger partial charge < -0.3 is 10.1 Å². The molecule has 0 spiro atoms. The molecule has 4 atom stereocenters. The van der Waals surface area contributed by atoms with Gasteiger partial charge in [0.15, 0.2) is 0 Å². The van der Waals surface area contributed by atoms with Crippen LogP contribution < -0.4 is 5.32 Å². The van der Waals surface area contributed by atoms with Crippen LogP contribution in [0.4, 0.5) is 0 Å². The summed E-state index contributed by atoms with van der Waals surface area (Å²) >= 11 is 0. The number of hydrogen-bond acceptors (Lipinski definition) is 2. The molecule has 2 heteroatoms. The van der Waals surface area contributed by atoms with E-state index < -0.39 is 0 Å². The Labute approximate surface area is 87.4 Å². The van der Waals surface area contributed by atoms with E-state index in [2.05, 4.69) is 19.2 Å². The maximum absolute atomic E-state index is 5.63. The summed E-state index contributed by atoms with van der Waals surface area (Å²) in [6.45, 7) is 6.83. The van der Waals surface area contributed by atoms with Crippen molar-refractivity contribution in [3.8, 4) is 0 Å². The van der Waals surface area contributed by atoms with Gasteiger partial charge in [0, 0.05) is 12.6 Å². The Bertz CT molecular complexity index is 177. The maximum Gasteiger partial charge on any atom is 0.0590 e. The highest BCUT2D eigenvalue weighted by Gasteiger charge is 2.32. The molecule has 0 radical (unpaired) electrons. The van der Waals surface area contributed by atoms with E-state index in [1.807, 2.05) is 0 Å². The summed E-state index contributed by atoms with van der Waals surface area (Å²) in [7, 11) is 0. The molecular formula is C12H23NO. The summed E-state index contributed by atoms with van der Waals surface area (Å²) in [6.07, 6.45) is 5.69. The minimum atomic E-state index is 0.536. The molecule has 0 amide bonds. The smallest absolute Gasteiger partial charge is 0.0590 e. The van der Waals surface area contributed by atoms with Crippen LogP contribution in [0.2, 0.25) is 0 Å². The van der Waals surface area contributed by atoms with Crippen molar-refractivity contribution in [3.63, 3.8) is 0 Å². The molecule has 2 aliphatic rings. The van der Waals surface area contributed by atoms with Gasteiger partial charge in [-0.3, -0.25) is 0 Å². The van der Waals surface area contributed by atoms with Crippen LogP contribution in [-0.4, -0.2) is 25.3 Å². The summed E-state index contributed by atoms with van der Waals surface area (Å²) in [5.41, 5.74) is 0. The minimum Gasteiger partial charge on any atom is -0.378 e. The van der Waals surface area contributed by atoms with Crippen LogP contribution in [0.5, 0.6) is 0 Å².